The van der Waals surface area contributed by atoms with E-state index in [1.165, 1.54) is 36.7 Å². The van der Waals surface area contributed by atoms with E-state index in [0.29, 0.717) is 53.3 Å². The molecule has 1 aromatic heterocycles. The predicted molar refractivity (Wildman–Crippen MR) is 142 cm³/mol. The largest absolute Gasteiger partial charge is 0.573 e. The zero-order valence-corrected chi connectivity index (χ0v) is 22.2. The Morgan fingerprint density at radius 1 is 1.10 bits per heavy atom. The number of ether oxygens (including phenoxy) is 1. The Labute approximate surface area is 232 Å². The van der Waals surface area contributed by atoms with Gasteiger partial charge < -0.3 is 19.4 Å². The van der Waals surface area contributed by atoms with Gasteiger partial charge in [-0.2, -0.15) is 0 Å². The molecule has 4 heterocycles. The standard InChI is InChI=1S/C25H24Cl2F3N7O2/c1-15(24(38)36-10-8-35(9-11-36)22-18(26)12-32-13-19(22)27)33-23-21(34-20-14-31-6-7-37(20)23)16-2-4-17(5-3-16)39-25(28,29)30/h2-7,12-15,21,23,33H,8-11H2,1H3. The summed E-state index contributed by atoms with van der Waals surface area (Å²) < 4.78 is 41.7. The second-order valence-electron chi connectivity index (χ2n) is 9.13. The number of hydrogen-bond donors (Lipinski definition) is 1. The predicted octanol–water partition coefficient (Wildman–Crippen LogP) is 4.25. The number of carbonyl (C=O) groups excluding carboxylic acids is 1. The minimum absolute atomic E-state index is 0.0858. The molecule has 2 aromatic rings. The average molecular weight is 582 g/mol. The van der Waals surface area contributed by atoms with Crippen molar-refractivity contribution in [3.63, 3.8) is 0 Å². The molecule has 0 radical (unpaired) electrons. The maximum absolute atomic E-state index is 13.4. The van der Waals surface area contributed by atoms with E-state index in [2.05, 4.69) is 20.0 Å². The molecular formula is C25H24Cl2F3N7O2. The van der Waals surface area contributed by atoms with Gasteiger partial charge in [0.15, 0.2) is 0 Å². The van der Waals surface area contributed by atoms with Crippen LogP contribution in [0.15, 0.2) is 59.0 Å². The molecule has 0 saturated carbocycles. The Morgan fingerprint density at radius 3 is 2.41 bits per heavy atom. The lowest BCUT2D eigenvalue weighted by atomic mass is 10.0. The second kappa shape index (κ2) is 11.0. The van der Waals surface area contributed by atoms with E-state index in [-0.39, 0.29) is 11.7 Å². The van der Waals surface area contributed by atoms with Crippen LogP contribution in [0.3, 0.4) is 0 Å². The van der Waals surface area contributed by atoms with Crippen molar-refractivity contribution >= 4 is 46.8 Å². The maximum atomic E-state index is 13.4. The smallest absolute Gasteiger partial charge is 0.406 e. The van der Waals surface area contributed by atoms with Crippen molar-refractivity contribution in [1.82, 2.24) is 20.1 Å². The number of carbonyl (C=O) groups is 1. The van der Waals surface area contributed by atoms with Crippen molar-refractivity contribution in [2.24, 2.45) is 9.98 Å². The van der Waals surface area contributed by atoms with Gasteiger partial charge in [-0.1, -0.05) is 35.3 Å². The molecule has 3 unspecified atom stereocenters. The van der Waals surface area contributed by atoms with Gasteiger partial charge in [0.1, 0.15) is 23.8 Å². The van der Waals surface area contributed by atoms with Crippen LogP contribution in [0.2, 0.25) is 10.0 Å². The number of hydrogen-bond acceptors (Lipinski definition) is 8. The lowest BCUT2D eigenvalue weighted by molar-refractivity contribution is -0.274. The van der Waals surface area contributed by atoms with E-state index in [1.54, 1.807) is 30.4 Å². The normalized spacial score (nSPS) is 21.6. The number of aliphatic imine (C=N–C) groups is 2. The van der Waals surface area contributed by atoms with Crippen LogP contribution < -0.4 is 15.0 Å². The third-order valence-electron chi connectivity index (χ3n) is 6.62. The maximum Gasteiger partial charge on any atom is 0.573 e. The fourth-order valence-corrected chi connectivity index (χ4v) is 5.42. The van der Waals surface area contributed by atoms with Crippen molar-refractivity contribution in [2.75, 3.05) is 31.1 Å². The molecule has 1 saturated heterocycles. The number of pyridine rings is 1. The number of benzene rings is 1. The molecule has 1 N–H and O–H groups in total. The van der Waals surface area contributed by atoms with E-state index in [9.17, 15) is 18.0 Å². The van der Waals surface area contributed by atoms with Crippen molar-refractivity contribution < 1.29 is 22.7 Å². The van der Waals surface area contributed by atoms with Gasteiger partial charge in [0.05, 0.1) is 28.0 Å². The van der Waals surface area contributed by atoms with Crippen molar-refractivity contribution in [3.8, 4) is 5.75 Å². The highest BCUT2D eigenvalue weighted by atomic mass is 35.5. The first-order chi connectivity index (χ1) is 18.6. The molecule has 0 spiro atoms. The number of nitrogens with zero attached hydrogens (tertiary/aromatic N) is 6. The molecule has 0 bridgehead atoms. The van der Waals surface area contributed by atoms with Crippen LogP contribution in [0.1, 0.15) is 18.5 Å². The molecule has 3 atom stereocenters. The highest BCUT2D eigenvalue weighted by Gasteiger charge is 2.39. The zero-order valence-electron chi connectivity index (χ0n) is 20.6. The molecule has 1 aromatic carbocycles. The number of piperazine rings is 1. The number of fused-ring (bicyclic) bond motifs is 1. The average Bonchev–Trinajstić information content (AvgIpc) is 3.26. The molecule has 206 valence electrons. The molecule has 9 nitrogen and oxygen atoms in total. The van der Waals surface area contributed by atoms with E-state index in [1.807, 2.05) is 9.80 Å². The fraction of sp³-hybridized carbons (Fsp3) is 0.360. The molecule has 0 aliphatic carbocycles. The number of rotatable bonds is 6. The van der Waals surface area contributed by atoms with E-state index < -0.39 is 24.6 Å². The van der Waals surface area contributed by atoms with Crippen LogP contribution in [0.25, 0.3) is 0 Å². The van der Waals surface area contributed by atoms with Crippen LogP contribution >= 0.6 is 23.2 Å². The molecule has 39 heavy (non-hydrogen) atoms. The van der Waals surface area contributed by atoms with Crippen LogP contribution in [0.5, 0.6) is 5.75 Å². The van der Waals surface area contributed by atoms with Crippen molar-refractivity contribution in [3.05, 3.63) is 64.7 Å². The lowest BCUT2D eigenvalue weighted by Crippen LogP contribution is -2.57. The van der Waals surface area contributed by atoms with Crippen LogP contribution in [-0.4, -0.2) is 77.5 Å². The molecule has 3 aliphatic rings. The summed E-state index contributed by atoms with van der Waals surface area (Å²) in [5.41, 5.74) is 1.36. The number of amides is 1. The van der Waals surface area contributed by atoms with Crippen molar-refractivity contribution in [2.45, 2.75) is 31.5 Å². The van der Waals surface area contributed by atoms with Gasteiger partial charge in [-0.3, -0.25) is 25.1 Å². The van der Waals surface area contributed by atoms with E-state index in [4.69, 9.17) is 28.2 Å². The topological polar surface area (TPSA) is 85.7 Å². The number of halogens is 5. The highest BCUT2D eigenvalue weighted by Crippen LogP contribution is 2.34. The van der Waals surface area contributed by atoms with Gasteiger partial charge in [-0.05, 0) is 24.6 Å². The van der Waals surface area contributed by atoms with Gasteiger partial charge in [0.2, 0.25) is 5.91 Å². The number of aromatic nitrogens is 1. The van der Waals surface area contributed by atoms with Crippen LogP contribution in [0, 0.1) is 0 Å². The van der Waals surface area contributed by atoms with Gasteiger partial charge in [0.25, 0.3) is 0 Å². The summed E-state index contributed by atoms with van der Waals surface area (Å²) in [5, 5.41) is 4.28. The number of anilines is 1. The third-order valence-corrected chi connectivity index (χ3v) is 7.17. The number of nitrogens with one attached hydrogen (secondary N) is 1. The van der Waals surface area contributed by atoms with E-state index in [0.717, 1.165) is 0 Å². The Hall–Kier alpha value is -3.35. The summed E-state index contributed by atoms with van der Waals surface area (Å²) in [5.74, 6) is 0.171. The SMILES string of the molecule is CC(NC1C(c2ccc(OC(F)(F)F)cc2)N=C2C=NC=CN21)C(=O)N1CCN(c2c(Cl)cncc2Cl)CC1. The Bertz CT molecular complexity index is 1290. The van der Waals surface area contributed by atoms with Crippen molar-refractivity contribution in [1.29, 1.82) is 0 Å². The van der Waals surface area contributed by atoms with Gasteiger partial charge in [-0.15, -0.1) is 13.2 Å². The van der Waals surface area contributed by atoms with Crippen LogP contribution in [0.4, 0.5) is 18.9 Å². The molecular weight excluding hydrogens is 558 g/mol. The summed E-state index contributed by atoms with van der Waals surface area (Å²) in [6.07, 6.45) is 2.78. The summed E-state index contributed by atoms with van der Waals surface area (Å²) >= 11 is 12.6. The van der Waals surface area contributed by atoms with Gasteiger partial charge >= 0.3 is 6.36 Å². The Morgan fingerprint density at radius 2 is 1.77 bits per heavy atom. The summed E-state index contributed by atoms with van der Waals surface area (Å²) in [4.78, 5) is 31.9. The monoisotopic (exact) mass is 581 g/mol. The van der Waals surface area contributed by atoms with Crippen LogP contribution in [-0.2, 0) is 4.79 Å². The first-order valence-electron chi connectivity index (χ1n) is 12.1. The minimum Gasteiger partial charge on any atom is -0.406 e. The van der Waals surface area contributed by atoms with E-state index >= 15 is 0 Å². The fourth-order valence-electron chi connectivity index (χ4n) is 4.82. The quantitative estimate of drug-likeness (QED) is 0.549. The molecule has 1 amide bonds. The lowest BCUT2D eigenvalue weighted by Gasteiger charge is -2.38. The zero-order chi connectivity index (χ0) is 27.7. The first kappa shape index (κ1) is 27.2. The Balaban J connectivity index is 1.26. The molecule has 14 heteroatoms. The summed E-state index contributed by atoms with van der Waals surface area (Å²) in [6, 6.07) is 4.48. The Kier molecular flexibility index (Phi) is 7.70. The minimum atomic E-state index is -4.78. The van der Waals surface area contributed by atoms with Gasteiger partial charge in [-0.25, -0.2) is 0 Å². The first-order valence-corrected chi connectivity index (χ1v) is 12.9. The highest BCUT2D eigenvalue weighted by molar-refractivity contribution is 6.38. The summed E-state index contributed by atoms with van der Waals surface area (Å²) in [7, 11) is 0. The molecule has 1 fully saturated rings. The third kappa shape index (κ3) is 5.97. The second-order valence-corrected chi connectivity index (χ2v) is 9.94. The molecule has 5 rings (SSSR count). The summed E-state index contributed by atoms with van der Waals surface area (Å²) in [6.45, 7) is 3.85. The number of alkyl halides is 3. The number of amidine groups is 1. The molecule has 3 aliphatic heterocycles. The van der Waals surface area contributed by atoms with Gasteiger partial charge in [0, 0.05) is 51.0 Å².